The fourth-order valence-electron chi connectivity index (χ4n) is 3.97. The van der Waals surface area contributed by atoms with E-state index in [4.69, 9.17) is 0 Å². The second kappa shape index (κ2) is 9.05. The molecular formula is C22H29N3O3S. The summed E-state index contributed by atoms with van der Waals surface area (Å²) in [5, 5.41) is 0. The van der Waals surface area contributed by atoms with Crippen LogP contribution in [0.1, 0.15) is 55.5 Å². The maximum Gasteiger partial charge on any atom is 0.259 e. The lowest BCUT2D eigenvalue weighted by Gasteiger charge is -2.28. The molecule has 7 heteroatoms. The summed E-state index contributed by atoms with van der Waals surface area (Å²) in [5.74, 6) is 0.407. The molecule has 0 unspecified atom stereocenters. The number of carbonyl (C=O) groups excluding carboxylic acids is 1. The van der Waals surface area contributed by atoms with Gasteiger partial charge in [0.15, 0.2) is 0 Å². The largest absolute Gasteiger partial charge is 0.290 e. The molecule has 0 radical (unpaired) electrons. The van der Waals surface area contributed by atoms with Gasteiger partial charge in [0.1, 0.15) is 5.82 Å². The average molecular weight is 416 g/mol. The third-order valence-corrected chi connectivity index (χ3v) is 7.75. The monoisotopic (exact) mass is 415 g/mol. The summed E-state index contributed by atoms with van der Waals surface area (Å²) in [6.45, 7) is 6.16. The zero-order valence-corrected chi connectivity index (χ0v) is 18.2. The summed E-state index contributed by atoms with van der Waals surface area (Å²) in [6.07, 6.45) is 5.70. The van der Waals surface area contributed by atoms with Crippen molar-refractivity contribution < 1.29 is 13.2 Å². The average Bonchev–Trinajstić information content (AvgIpc) is 3.24. The number of aromatic nitrogens is 1. The molecule has 0 saturated heterocycles. The van der Waals surface area contributed by atoms with Crippen molar-refractivity contribution >= 4 is 21.7 Å². The minimum atomic E-state index is -3.65. The number of hydrogen-bond donors (Lipinski definition) is 0. The Morgan fingerprint density at radius 2 is 1.79 bits per heavy atom. The van der Waals surface area contributed by atoms with Gasteiger partial charge in [-0.2, -0.15) is 4.31 Å². The van der Waals surface area contributed by atoms with Crippen molar-refractivity contribution in [3.05, 3.63) is 53.7 Å². The molecule has 156 valence electrons. The van der Waals surface area contributed by atoms with E-state index in [1.165, 1.54) is 10.4 Å². The van der Waals surface area contributed by atoms with E-state index in [-0.39, 0.29) is 16.8 Å². The first kappa shape index (κ1) is 21.5. The Labute approximate surface area is 173 Å². The number of benzene rings is 1. The standard InChI is InChI=1S/C22H29N3O3S/c1-4-24(5-2)29(27,28)20-16-18(14-13-17(20)3)22(26)25(19-10-6-7-11-19)21-12-8-9-15-23-21/h8-9,12-16,19H,4-7,10-11H2,1-3H3. The van der Waals surface area contributed by atoms with Crippen molar-refractivity contribution in [3.63, 3.8) is 0 Å². The first-order chi connectivity index (χ1) is 13.9. The maximum absolute atomic E-state index is 13.5. The van der Waals surface area contributed by atoms with Crippen molar-refractivity contribution in [2.75, 3.05) is 18.0 Å². The van der Waals surface area contributed by atoms with Crippen LogP contribution in [-0.2, 0) is 10.0 Å². The minimum absolute atomic E-state index is 0.0848. The molecule has 1 aromatic heterocycles. The van der Waals surface area contributed by atoms with Crippen LogP contribution in [0.5, 0.6) is 0 Å². The lowest BCUT2D eigenvalue weighted by Crippen LogP contribution is -2.39. The second-order valence-electron chi connectivity index (χ2n) is 7.37. The van der Waals surface area contributed by atoms with Crippen LogP contribution < -0.4 is 4.90 Å². The lowest BCUT2D eigenvalue weighted by atomic mass is 10.1. The van der Waals surface area contributed by atoms with Crippen molar-refractivity contribution in [1.29, 1.82) is 0 Å². The van der Waals surface area contributed by atoms with Gasteiger partial charge in [0, 0.05) is 30.9 Å². The van der Waals surface area contributed by atoms with Gasteiger partial charge in [0.25, 0.3) is 5.91 Å². The molecule has 2 aromatic rings. The van der Waals surface area contributed by atoms with Gasteiger partial charge in [-0.1, -0.05) is 38.8 Å². The molecule has 3 rings (SSSR count). The topological polar surface area (TPSA) is 70.6 Å². The molecule has 29 heavy (non-hydrogen) atoms. The highest BCUT2D eigenvalue weighted by atomic mass is 32.2. The van der Waals surface area contributed by atoms with E-state index >= 15 is 0 Å². The van der Waals surface area contributed by atoms with E-state index < -0.39 is 10.0 Å². The molecule has 0 bridgehead atoms. The summed E-state index contributed by atoms with van der Waals surface area (Å²) < 4.78 is 27.6. The molecule has 1 amide bonds. The molecule has 0 N–H and O–H groups in total. The molecular weight excluding hydrogens is 386 g/mol. The maximum atomic E-state index is 13.5. The number of aryl methyl sites for hydroxylation is 1. The van der Waals surface area contributed by atoms with Crippen LogP contribution in [0.3, 0.4) is 0 Å². The van der Waals surface area contributed by atoms with Gasteiger partial charge in [0.05, 0.1) is 4.90 Å². The molecule has 1 heterocycles. The van der Waals surface area contributed by atoms with E-state index in [1.807, 2.05) is 32.0 Å². The minimum Gasteiger partial charge on any atom is -0.290 e. The Balaban J connectivity index is 2.04. The Morgan fingerprint density at radius 1 is 1.10 bits per heavy atom. The number of sulfonamides is 1. The first-order valence-corrected chi connectivity index (χ1v) is 11.7. The predicted molar refractivity (Wildman–Crippen MR) is 115 cm³/mol. The molecule has 1 saturated carbocycles. The molecule has 0 spiro atoms. The Kier molecular flexibility index (Phi) is 6.70. The zero-order chi connectivity index (χ0) is 21.0. The van der Waals surface area contributed by atoms with Gasteiger partial charge in [-0.3, -0.25) is 9.69 Å². The van der Waals surface area contributed by atoms with Crippen molar-refractivity contribution in [1.82, 2.24) is 9.29 Å². The van der Waals surface area contributed by atoms with Crippen LogP contribution in [0.4, 0.5) is 5.82 Å². The number of hydrogen-bond acceptors (Lipinski definition) is 4. The summed E-state index contributed by atoms with van der Waals surface area (Å²) in [4.78, 5) is 19.8. The van der Waals surface area contributed by atoms with E-state index in [9.17, 15) is 13.2 Å². The van der Waals surface area contributed by atoms with Gasteiger partial charge in [-0.15, -0.1) is 0 Å². The van der Waals surface area contributed by atoms with Crippen molar-refractivity contribution in [3.8, 4) is 0 Å². The second-order valence-corrected chi connectivity index (χ2v) is 9.28. The third-order valence-electron chi connectivity index (χ3n) is 5.56. The fourth-order valence-corrected chi connectivity index (χ4v) is 5.68. The molecule has 0 aliphatic heterocycles. The number of rotatable bonds is 7. The SMILES string of the molecule is CCN(CC)S(=O)(=O)c1cc(C(=O)N(c2ccccn2)C2CCCC2)ccc1C. The summed E-state index contributed by atoms with van der Waals surface area (Å²) in [7, 11) is -3.65. The van der Waals surface area contributed by atoms with Gasteiger partial charge >= 0.3 is 0 Å². The van der Waals surface area contributed by atoms with Crippen LogP contribution in [0.25, 0.3) is 0 Å². The number of carbonyl (C=O) groups is 1. The quantitative estimate of drug-likeness (QED) is 0.685. The molecule has 1 fully saturated rings. The molecule has 0 atom stereocenters. The third kappa shape index (κ3) is 4.36. The van der Waals surface area contributed by atoms with E-state index in [0.29, 0.717) is 30.0 Å². The highest BCUT2D eigenvalue weighted by molar-refractivity contribution is 7.89. The van der Waals surface area contributed by atoms with Crippen molar-refractivity contribution in [2.45, 2.75) is 57.4 Å². The van der Waals surface area contributed by atoms with Gasteiger partial charge in [-0.05, 0) is 49.6 Å². The number of pyridine rings is 1. The van der Waals surface area contributed by atoms with Gasteiger partial charge in [0.2, 0.25) is 10.0 Å². The summed E-state index contributed by atoms with van der Waals surface area (Å²) in [5.41, 5.74) is 1.01. The molecule has 1 aliphatic rings. The zero-order valence-electron chi connectivity index (χ0n) is 17.3. The van der Waals surface area contributed by atoms with Gasteiger partial charge in [-0.25, -0.2) is 13.4 Å². The Hall–Kier alpha value is -2.25. The van der Waals surface area contributed by atoms with Crippen LogP contribution in [0.2, 0.25) is 0 Å². The van der Waals surface area contributed by atoms with E-state index in [2.05, 4.69) is 4.98 Å². The summed E-state index contributed by atoms with van der Waals surface area (Å²) >= 11 is 0. The number of amides is 1. The van der Waals surface area contributed by atoms with Crippen LogP contribution in [0.15, 0.2) is 47.5 Å². The van der Waals surface area contributed by atoms with Crippen molar-refractivity contribution in [2.24, 2.45) is 0 Å². The normalized spacial score (nSPS) is 15.0. The van der Waals surface area contributed by atoms with E-state index in [1.54, 1.807) is 30.2 Å². The Bertz CT molecular complexity index is 951. The molecule has 1 aliphatic carbocycles. The summed E-state index contributed by atoms with van der Waals surface area (Å²) in [6, 6.07) is 10.6. The highest BCUT2D eigenvalue weighted by Gasteiger charge is 2.31. The number of anilines is 1. The van der Waals surface area contributed by atoms with Crippen LogP contribution in [-0.4, -0.2) is 42.7 Å². The van der Waals surface area contributed by atoms with Gasteiger partial charge < -0.3 is 0 Å². The molecule has 6 nitrogen and oxygen atoms in total. The fraction of sp³-hybridized carbons (Fsp3) is 0.455. The predicted octanol–water partition coefficient (Wildman–Crippen LogP) is 4.01. The highest BCUT2D eigenvalue weighted by Crippen LogP contribution is 2.30. The van der Waals surface area contributed by atoms with Crippen LogP contribution in [0, 0.1) is 6.92 Å². The smallest absolute Gasteiger partial charge is 0.259 e. The first-order valence-electron chi connectivity index (χ1n) is 10.3. The van der Waals surface area contributed by atoms with Crippen LogP contribution >= 0.6 is 0 Å². The Morgan fingerprint density at radius 3 is 2.38 bits per heavy atom. The number of nitrogens with zero attached hydrogens (tertiary/aromatic N) is 3. The molecule has 1 aromatic carbocycles. The lowest BCUT2D eigenvalue weighted by molar-refractivity contribution is 0.0976. The van der Waals surface area contributed by atoms with E-state index in [0.717, 1.165) is 25.7 Å².